The molecule has 1 saturated heterocycles. The first kappa shape index (κ1) is 23.2. The molecule has 1 aliphatic rings. The molecule has 0 spiro atoms. The molecule has 170 valence electrons. The Morgan fingerprint density at radius 3 is 2.19 bits per heavy atom. The standard InChI is InChI=1S/C19H17F3N4O5S/c20-19(21,22)18(24-15(27)13-4-2-1-3-5-13)16(28)26(17(29)25-18)11-10-12-6-8-14(9-7-12)32(23,30)31/h1-9H,10-11H2,(H,24,27)(H,25,29)(H2,23,30,31). The van der Waals surface area contributed by atoms with E-state index in [0.717, 1.165) is 0 Å². The molecular formula is C19H17F3N4O5S. The Labute approximate surface area is 180 Å². The molecule has 0 saturated carbocycles. The van der Waals surface area contributed by atoms with Crippen LogP contribution in [0.15, 0.2) is 59.5 Å². The molecule has 32 heavy (non-hydrogen) atoms. The lowest BCUT2D eigenvalue weighted by Crippen LogP contribution is -2.69. The number of hydrogen-bond donors (Lipinski definition) is 3. The van der Waals surface area contributed by atoms with Crippen LogP contribution in [0.5, 0.6) is 0 Å². The SMILES string of the molecule is NS(=O)(=O)c1ccc(CCN2C(=O)NC(NC(=O)c3ccccc3)(C(F)(F)F)C2=O)cc1. The van der Waals surface area contributed by atoms with Gasteiger partial charge in [0.25, 0.3) is 17.5 Å². The average Bonchev–Trinajstić information content (AvgIpc) is 2.97. The number of alkyl halides is 3. The summed E-state index contributed by atoms with van der Waals surface area (Å²) in [5.74, 6) is -2.88. The van der Waals surface area contributed by atoms with E-state index in [1.54, 1.807) is 16.7 Å². The largest absolute Gasteiger partial charge is 0.440 e. The van der Waals surface area contributed by atoms with Crippen LogP contribution in [0.1, 0.15) is 15.9 Å². The highest BCUT2D eigenvalue weighted by atomic mass is 32.2. The van der Waals surface area contributed by atoms with Gasteiger partial charge in [0.05, 0.1) is 4.90 Å². The molecular weight excluding hydrogens is 453 g/mol. The van der Waals surface area contributed by atoms with Crippen molar-refractivity contribution in [3.05, 3.63) is 65.7 Å². The number of urea groups is 1. The van der Waals surface area contributed by atoms with E-state index in [1.807, 2.05) is 0 Å². The molecule has 1 heterocycles. The first-order valence-electron chi connectivity index (χ1n) is 9.05. The minimum Gasteiger partial charge on any atom is -0.314 e. The van der Waals surface area contributed by atoms with Crippen molar-refractivity contribution in [2.45, 2.75) is 23.2 Å². The molecule has 4 N–H and O–H groups in total. The third kappa shape index (κ3) is 4.43. The van der Waals surface area contributed by atoms with E-state index in [2.05, 4.69) is 0 Å². The van der Waals surface area contributed by atoms with Crippen LogP contribution in [0, 0.1) is 0 Å². The van der Waals surface area contributed by atoms with Crippen molar-refractivity contribution in [2.75, 3.05) is 6.54 Å². The molecule has 2 aromatic carbocycles. The van der Waals surface area contributed by atoms with Gasteiger partial charge in [-0.1, -0.05) is 30.3 Å². The van der Waals surface area contributed by atoms with E-state index in [9.17, 15) is 36.0 Å². The lowest BCUT2D eigenvalue weighted by atomic mass is 10.1. The van der Waals surface area contributed by atoms with Crippen molar-refractivity contribution in [2.24, 2.45) is 5.14 Å². The highest BCUT2D eigenvalue weighted by Crippen LogP contribution is 2.34. The Hall–Kier alpha value is -3.45. The third-order valence-corrected chi connectivity index (χ3v) is 5.67. The summed E-state index contributed by atoms with van der Waals surface area (Å²) in [4.78, 5) is 37.4. The number of carbonyl (C=O) groups excluding carboxylic acids is 3. The first-order valence-corrected chi connectivity index (χ1v) is 10.6. The highest BCUT2D eigenvalue weighted by molar-refractivity contribution is 7.89. The molecule has 0 bridgehead atoms. The normalized spacial score (nSPS) is 19.1. The molecule has 1 fully saturated rings. The molecule has 13 heteroatoms. The van der Waals surface area contributed by atoms with Crippen LogP contribution in [-0.2, 0) is 21.2 Å². The van der Waals surface area contributed by atoms with E-state index < -0.39 is 46.3 Å². The van der Waals surface area contributed by atoms with E-state index in [0.29, 0.717) is 10.5 Å². The quantitative estimate of drug-likeness (QED) is 0.543. The second-order valence-corrected chi connectivity index (χ2v) is 8.46. The van der Waals surface area contributed by atoms with E-state index >= 15 is 0 Å². The van der Waals surface area contributed by atoms with Gasteiger partial charge in [-0.15, -0.1) is 0 Å². The monoisotopic (exact) mass is 470 g/mol. The van der Waals surface area contributed by atoms with Gasteiger partial charge >= 0.3 is 12.2 Å². The van der Waals surface area contributed by atoms with Crippen LogP contribution in [0.2, 0.25) is 0 Å². The number of rotatable bonds is 6. The van der Waals surface area contributed by atoms with Gasteiger partial charge in [0.15, 0.2) is 0 Å². The molecule has 2 aromatic rings. The number of amides is 4. The molecule has 0 aliphatic carbocycles. The second kappa shape index (κ2) is 8.24. The summed E-state index contributed by atoms with van der Waals surface area (Å²) in [5, 5.41) is 8.17. The Morgan fingerprint density at radius 2 is 1.66 bits per heavy atom. The zero-order chi connectivity index (χ0) is 23.7. The zero-order valence-electron chi connectivity index (χ0n) is 16.2. The Morgan fingerprint density at radius 1 is 1.06 bits per heavy atom. The maximum Gasteiger partial charge on any atom is 0.440 e. The molecule has 3 rings (SSSR count). The van der Waals surface area contributed by atoms with Gasteiger partial charge in [-0.3, -0.25) is 19.8 Å². The van der Waals surface area contributed by atoms with E-state index in [1.165, 1.54) is 48.5 Å². The van der Waals surface area contributed by atoms with Gasteiger partial charge in [-0.05, 0) is 36.2 Å². The second-order valence-electron chi connectivity index (χ2n) is 6.89. The number of imide groups is 1. The van der Waals surface area contributed by atoms with Gasteiger partial charge in [-0.25, -0.2) is 18.4 Å². The number of nitrogens with two attached hydrogens (primary N) is 1. The number of hydrogen-bond acceptors (Lipinski definition) is 5. The number of benzene rings is 2. The van der Waals surface area contributed by atoms with Crippen molar-refractivity contribution >= 4 is 27.9 Å². The van der Waals surface area contributed by atoms with Crippen molar-refractivity contribution in [3.63, 3.8) is 0 Å². The molecule has 4 amide bonds. The number of nitrogens with one attached hydrogen (secondary N) is 2. The minimum absolute atomic E-state index is 0.0649. The van der Waals surface area contributed by atoms with Gasteiger partial charge in [0.1, 0.15) is 0 Å². The highest BCUT2D eigenvalue weighted by Gasteiger charge is 2.68. The van der Waals surface area contributed by atoms with Gasteiger partial charge in [-0.2, -0.15) is 13.2 Å². The number of sulfonamides is 1. The van der Waals surface area contributed by atoms with Crippen LogP contribution < -0.4 is 15.8 Å². The predicted molar refractivity (Wildman–Crippen MR) is 104 cm³/mol. The summed E-state index contributed by atoms with van der Waals surface area (Å²) < 4.78 is 64.2. The molecule has 1 atom stereocenters. The lowest BCUT2D eigenvalue weighted by molar-refractivity contribution is -0.200. The van der Waals surface area contributed by atoms with Crippen LogP contribution in [0.4, 0.5) is 18.0 Å². The van der Waals surface area contributed by atoms with E-state index in [4.69, 9.17) is 5.14 Å². The van der Waals surface area contributed by atoms with Crippen LogP contribution in [0.25, 0.3) is 0 Å². The first-order chi connectivity index (χ1) is 14.8. The molecule has 1 aliphatic heterocycles. The average molecular weight is 470 g/mol. The summed E-state index contributed by atoms with van der Waals surface area (Å²) in [5.41, 5.74) is -3.31. The number of nitrogens with zero attached hydrogens (tertiary/aromatic N) is 1. The summed E-state index contributed by atoms with van der Waals surface area (Å²) in [7, 11) is -3.93. The fraction of sp³-hybridized carbons (Fsp3) is 0.211. The summed E-state index contributed by atoms with van der Waals surface area (Å²) >= 11 is 0. The smallest absolute Gasteiger partial charge is 0.314 e. The fourth-order valence-electron chi connectivity index (χ4n) is 3.05. The van der Waals surface area contributed by atoms with Crippen LogP contribution in [0.3, 0.4) is 0 Å². The Bertz CT molecular complexity index is 1150. The fourth-order valence-corrected chi connectivity index (χ4v) is 3.56. The van der Waals surface area contributed by atoms with Crippen molar-refractivity contribution < 1.29 is 36.0 Å². The number of halogens is 3. The van der Waals surface area contributed by atoms with Crippen molar-refractivity contribution in [3.8, 4) is 0 Å². The Balaban J connectivity index is 1.80. The number of carbonyl (C=O) groups is 3. The zero-order valence-corrected chi connectivity index (χ0v) is 17.0. The van der Waals surface area contributed by atoms with Gasteiger partial charge < -0.3 is 5.32 Å². The molecule has 1 unspecified atom stereocenters. The Kier molecular flexibility index (Phi) is 5.98. The summed E-state index contributed by atoms with van der Waals surface area (Å²) in [6.45, 7) is -0.446. The summed E-state index contributed by atoms with van der Waals surface area (Å²) in [6, 6.07) is 10.7. The molecule has 0 aromatic heterocycles. The maximum absolute atomic E-state index is 13.9. The molecule has 0 radical (unpaired) electrons. The van der Waals surface area contributed by atoms with Crippen LogP contribution in [-0.4, -0.2) is 49.5 Å². The number of primary sulfonamides is 1. The lowest BCUT2D eigenvalue weighted by Gasteiger charge is -2.29. The van der Waals surface area contributed by atoms with Crippen LogP contribution >= 0.6 is 0 Å². The van der Waals surface area contributed by atoms with E-state index in [-0.39, 0.29) is 16.9 Å². The van der Waals surface area contributed by atoms with Gasteiger partial charge in [0.2, 0.25) is 10.0 Å². The minimum atomic E-state index is -5.32. The van der Waals surface area contributed by atoms with Crippen molar-refractivity contribution in [1.29, 1.82) is 0 Å². The predicted octanol–water partition coefficient (Wildman–Crippen LogP) is 1.12. The van der Waals surface area contributed by atoms with Gasteiger partial charge in [0, 0.05) is 12.1 Å². The third-order valence-electron chi connectivity index (χ3n) is 4.74. The maximum atomic E-state index is 13.9. The molecule has 9 nitrogen and oxygen atoms in total. The topological polar surface area (TPSA) is 139 Å². The van der Waals surface area contributed by atoms with Crippen molar-refractivity contribution in [1.82, 2.24) is 15.5 Å². The summed E-state index contributed by atoms with van der Waals surface area (Å²) in [6.07, 6.45) is -5.39.